The molecule has 0 unspecified atom stereocenters. The molecule has 1 atom stereocenters. The zero-order valence-corrected chi connectivity index (χ0v) is 12.2. The van der Waals surface area contributed by atoms with Gasteiger partial charge in [-0.25, -0.2) is 14.0 Å². The average molecular weight is 317 g/mol. The first kappa shape index (κ1) is 16.5. The summed E-state index contributed by atoms with van der Waals surface area (Å²) < 4.78 is 18.6. The van der Waals surface area contributed by atoms with Gasteiger partial charge in [-0.1, -0.05) is 48.5 Å². The lowest BCUT2D eigenvalue weighted by molar-refractivity contribution is -0.139. The molecule has 0 heterocycles. The smallest absolute Gasteiger partial charge is 0.408 e. The van der Waals surface area contributed by atoms with Crippen LogP contribution in [0.3, 0.4) is 0 Å². The van der Waals surface area contributed by atoms with Gasteiger partial charge in [0.2, 0.25) is 0 Å². The summed E-state index contributed by atoms with van der Waals surface area (Å²) in [4.78, 5) is 22.9. The van der Waals surface area contributed by atoms with E-state index in [0.29, 0.717) is 0 Å². The van der Waals surface area contributed by atoms with Crippen molar-refractivity contribution < 1.29 is 23.8 Å². The van der Waals surface area contributed by atoms with Crippen molar-refractivity contribution in [1.29, 1.82) is 0 Å². The average Bonchev–Trinajstić information content (AvgIpc) is 2.55. The summed E-state index contributed by atoms with van der Waals surface area (Å²) in [5, 5.41) is 11.4. The zero-order chi connectivity index (χ0) is 16.7. The number of halogens is 1. The molecule has 120 valence electrons. The molecule has 5 nitrogen and oxygen atoms in total. The van der Waals surface area contributed by atoms with Gasteiger partial charge in [-0.3, -0.25) is 0 Å². The fourth-order valence-corrected chi connectivity index (χ4v) is 1.99. The Morgan fingerprint density at radius 3 is 2.39 bits per heavy atom. The number of hydrogen-bond acceptors (Lipinski definition) is 3. The van der Waals surface area contributed by atoms with Crippen LogP contribution < -0.4 is 5.32 Å². The molecule has 0 aliphatic heterocycles. The van der Waals surface area contributed by atoms with Gasteiger partial charge in [-0.2, -0.15) is 0 Å². The number of carboxylic acids is 1. The van der Waals surface area contributed by atoms with Crippen LogP contribution in [0.15, 0.2) is 54.6 Å². The largest absolute Gasteiger partial charge is 0.480 e. The Labute approximate surface area is 132 Å². The number of carbonyl (C=O) groups excluding carboxylic acids is 1. The molecular weight excluding hydrogens is 301 g/mol. The van der Waals surface area contributed by atoms with Gasteiger partial charge in [0, 0.05) is 6.42 Å². The Morgan fingerprint density at radius 1 is 1.09 bits per heavy atom. The number of nitrogens with one attached hydrogen (secondary N) is 1. The van der Waals surface area contributed by atoms with E-state index in [4.69, 9.17) is 9.84 Å². The second-order valence-electron chi connectivity index (χ2n) is 4.89. The Kier molecular flexibility index (Phi) is 5.68. The van der Waals surface area contributed by atoms with Gasteiger partial charge in [0.25, 0.3) is 0 Å². The maximum Gasteiger partial charge on any atom is 0.408 e. The van der Waals surface area contributed by atoms with Crippen molar-refractivity contribution in [3.8, 4) is 0 Å². The number of ether oxygens (including phenoxy) is 1. The van der Waals surface area contributed by atoms with Crippen LogP contribution in [0.1, 0.15) is 11.1 Å². The third-order valence-electron chi connectivity index (χ3n) is 3.18. The molecule has 2 aromatic rings. The van der Waals surface area contributed by atoms with Crippen molar-refractivity contribution in [3.63, 3.8) is 0 Å². The van der Waals surface area contributed by atoms with E-state index in [1.807, 2.05) is 6.07 Å². The molecule has 0 aliphatic carbocycles. The molecule has 0 saturated heterocycles. The Balaban J connectivity index is 1.92. The maximum absolute atomic E-state index is 13.6. The summed E-state index contributed by atoms with van der Waals surface area (Å²) in [5.41, 5.74) is 0.992. The van der Waals surface area contributed by atoms with E-state index in [2.05, 4.69) is 5.32 Å². The predicted molar refractivity (Wildman–Crippen MR) is 81.3 cm³/mol. The van der Waals surface area contributed by atoms with Crippen LogP contribution in [0.25, 0.3) is 0 Å². The summed E-state index contributed by atoms with van der Waals surface area (Å²) in [6.07, 6.45) is -1.03. The molecule has 2 rings (SSSR count). The lowest BCUT2D eigenvalue weighted by Crippen LogP contribution is -2.42. The molecular formula is C17H16FNO4. The molecule has 0 saturated carbocycles. The number of hydrogen-bond donors (Lipinski definition) is 2. The van der Waals surface area contributed by atoms with Gasteiger partial charge in [-0.15, -0.1) is 0 Å². The number of alkyl carbamates (subject to hydrolysis) is 1. The lowest BCUT2D eigenvalue weighted by Gasteiger charge is -2.15. The maximum atomic E-state index is 13.6. The van der Waals surface area contributed by atoms with Crippen molar-refractivity contribution in [1.82, 2.24) is 5.32 Å². The highest BCUT2D eigenvalue weighted by atomic mass is 19.1. The van der Waals surface area contributed by atoms with Gasteiger partial charge in [-0.05, 0) is 17.2 Å². The van der Waals surface area contributed by atoms with E-state index in [1.54, 1.807) is 30.3 Å². The van der Waals surface area contributed by atoms with Crippen molar-refractivity contribution in [2.75, 3.05) is 0 Å². The molecule has 0 radical (unpaired) electrons. The van der Waals surface area contributed by atoms with Crippen LogP contribution in [0, 0.1) is 5.82 Å². The number of carbonyl (C=O) groups is 2. The quantitative estimate of drug-likeness (QED) is 0.859. The number of amides is 1. The van der Waals surface area contributed by atoms with Gasteiger partial charge >= 0.3 is 12.1 Å². The predicted octanol–water partition coefficient (Wildman–Crippen LogP) is 2.75. The highest BCUT2D eigenvalue weighted by Crippen LogP contribution is 2.10. The van der Waals surface area contributed by atoms with Crippen LogP contribution >= 0.6 is 0 Å². The molecule has 0 bridgehead atoms. The molecule has 0 fully saturated rings. The third kappa shape index (κ3) is 5.10. The highest BCUT2D eigenvalue weighted by molar-refractivity contribution is 5.80. The standard InChI is InChI=1S/C17H16FNO4/c18-14-9-5-4-8-13(14)10-15(16(20)21)19-17(22)23-11-12-6-2-1-3-7-12/h1-9,15H,10-11H2,(H,19,22)(H,20,21)/t15-/m1/s1. The summed E-state index contributed by atoms with van der Waals surface area (Å²) in [6, 6.07) is 13.5. The van der Waals surface area contributed by atoms with Crippen LogP contribution in [-0.4, -0.2) is 23.2 Å². The fraction of sp³-hybridized carbons (Fsp3) is 0.176. The van der Waals surface area contributed by atoms with E-state index in [-0.39, 0.29) is 18.6 Å². The summed E-state index contributed by atoms with van der Waals surface area (Å²) in [6.45, 7) is 0.0265. The Hall–Kier alpha value is -2.89. The highest BCUT2D eigenvalue weighted by Gasteiger charge is 2.22. The van der Waals surface area contributed by atoms with Gasteiger partial charge < -0.3 is 15.2 Å². The van der Waals surface area contributed by atoms with E-state index >= 15 is 0 Å². The van der Waals surface area contributed by atoms with Crippen molar-refractivity contribution in [2.45, 2.75) is 19.1 Å². The van der Waals surface area contributed by atoms with Gasteiger partial charge in [0.05, 0.1) is 0 Å². The van der Waals surface area contributed by atoms with Gasteiger partial charge in [0.15, 0.2) is 0 Å². The van der Waals surface area contributed by atoms with Crippen molar-refractivity contribution in [3.05, 3.63) is 71.5 Å². The SMILES string of the molecule is O=C(N[C@H](Cc1ccccc1F)C(=O)O)OCc1ccccc1. The first-order chi connectivity index (χ1) is 11.1. The van der Waals surface area contributed by atoms with Crippen LogP contribution in [0.4, 0.5) is 9.18 Å². The molecule has 0 spiro atoms. The minimum absolute atomic E-state index is 0.0265. The van der Waals surface area contributed by atoms with Crippen LogP contribution in [-0.2, 0) is 22.6 Å². The number of carboxylic acid groups (broad SMARTS) is 1. The second-order valence-corrected chi connectivity index (χ2v) is 4.89. The summed E-state index contributed by atoms with van der Waals surface area (Å²) >= 11 is 0. The van der Waals surface area contributed by atoms with E-state index in [0.717, 1.165) is 5.56 Å². The molecule has 0 aliphatic rings. The number of aliphatic carboxylic acids is 1. The second kappa shape index (κ2) is 7.93. The van der Waals surface area contributed by atoms with E-state index in [1.165, 1.54) is 18.2 Å². The molecule has 23 heavy (non-hydrogen) atoms. The summed E-state index contributed by atoms with van der Waals surface area (Å²) in [5.74, 6) is -1.77. The number of benzene rings is 2. The van der Waals surface area contributed by atoms with Crippen molar-refractivity contribution >= 4 is 12.1 Å². The molecule has 6 heteroatoms. The Bertz CT molecular complexity index is 675. The molecule has 2 aromatic carbocycles. The first-order valence-corrected chi connectivity index (χ1v) is 6.99. The van der Waals surface area contributed by atoms with E-state index < -0.39 is 23.9 Å². The Morgan fingerprint density at radius 2 is 1.74 bits per heavy atom. The van der Waals surface area contributed by atoms with Gasteiger partial charge in [0.1, 0.15) is 18.5 Å². The lowest BCUT2D eigenvalue weighted by atomic mass is 10.1. The van der Waals surface area contributed by atoms with Crippen LogP contribution in [0.2, 0.25) is 0 Å². The molecule has 1 amide bonds. The zero-order valence-electron chi connectivity index (χ0n) is 12.2. The molecule has 0 aromatic heterocycles. The minimum Gasteiger partial charge on any atom is -0.480 e. The normalized spacial score (nSPS) is 11.5. The minimum atomic E-state index is -1.27. The molecule has 2 N–H and O–H groups in total. The first-order valence-electron chi connectivity index (χ1n) is 6.99. The van der Waals surface area contributed by atoms with Crippen LogP contribution in [0.5, 0.6) is 0 Å². The topological polar surface area (TPSA) is 75.6 Å². The summed E-state index contributed by atoms with van der Waals surface area (Å²) in [7, 11) is 0. The number of rotatable bonds is 6. The third-order valence-corrected chi connectivity index (χ3v) is 3.18. The monoisotopic (exact) mass is 317 g/mol. The fourth-order valence-electron chi connectivity index (χ4n) is 1.99. The van der Waals surface area contributed by atoms with E-state index in [9.17, 15) is 14.0 Å². The van der Waals surface area contributed by atoms with Crippen molar-refractivity contribution in [2.24, 2.45) is 0 Å².